The topological polar surface area (TPSA) is 70.4 Å². The second-order valence-corrected chi connectivity index (χ2v) is 11.6. The number of carbonyl (C=O) groups is 1. The zero-order valence-electron chi connectivity index (χ0n) is 22.8. The normalized spacial score (nSPS) is 16.7. The van der Waals surface area contributed by atoms with Gasteiger partial charge in [0.25, 0.3) is 11.5 Å². The first-order valence-corrected chi connectivity index (χ1v) is 14.6. The average molecular weight is 584 g/mol. The lowest BCUT2D eigenvalue weighted by Gasteiger charge is -2.37. The first kappa shape index (κ1) is 27.0. The quantitative estimate of drug-likeness (QED) is 0.238. The summed E-state index contributed by atoms with van der Waals surface area (Å²) in [5.74, 6) is 1.21. The minimum atomic E-state index is -0.209. The molecule has 0 unspecified atom stereocenters. The molecule has 2 fully saturated rings. The molecule has 2 aliphatic rings. The van der Waals surface area contributed by atoms with Gasteiger partial charge in [0.1, 0.15) is 21.5 Å². The second kappa shape index (κ2) is 11.4. The van der Waals surface area contributed by atoms with Crippen LogP contribution in [0.25, 0.3) is 11.7 Å². The molecule has 0 aliphatic carbocycles. The van der Waals surface area contributed by atoms with Gasteiger partial charge in [-0.05, 0) is 54.5 Å². The molecule has 2 aliphatic heterocycles. The van der Waals surface area contributed by atoms with Crippen molar-refractivity contribution in [3.05, 3.63) is 105 Å². The van der Waals surface area contributed by atoms with Crippen molar-refractivity contribution in [1.29, 1.82) is 0 Å². The summed E-state index contributed by atoms with van der Waals surface area (Å²) in [5, 5.41) is 0. The van der Waals surface area contributed by atoms with Crippen molar-refractivity contribution in [1.82, 2.24) is 14.3 Å². The number of rotatable bonds is 6. The van der Waals surface area contributed by atoms with Gasteiger partial charge in [-0.15, -0.1) is 0 Å². The molecule has 2 aromatic heterocycles. The SMILES string of the molecule is COc1ccc(N2CCN(c3nc4c(C)cccn4c(=O)c3/C=C3\SC(=S)N(Cc4ccccc4)C3=O)CC2)cc1. The largest absolute Gasteiger partial charge is 0.497 e. The van der Waals surface area contributed by atoms with E-state index in [0.717, 1.165) is 35.7 Å². The molecule has 0 bridgehead atoms. The fraction of sp³-hybridized carbons (Fsp3) is 0.226. The predicted octanol–water partition coefficient (Wildman–Crippen LogP) is 4.74. The van der Waals surface area contributed by atoms with Crippen LogP contribution in [-0.4, -0.2) is 57.8 Å². The summed E-state index contributed by atoms with van der Waals surface area (Å²) in [6.45, 7) is 5.21. The van der Waals surface area contributed by atoms with Gasteiger partial charge < -0.3 is 14.5 Å². The summed E-state index contributed by atoms with van der Waals surface area (Å²) in [6.07, 6.45) is 3.40. The van der Waals surface area contributed by atoms with Crippen LogP contribution >= 0.6 is 24.0 Å². The standard InChI is InChI=1S/C31H29N5O3S2/c1-21-7-6-14-35-27(21)32-28(34-17-15-33(16-18-34)23-10-12-24(39-2)13-11-23)25(29(35)37)19-26-30(38)36(31(40)41-26)20-22-8-4-3-5-9-22/h3-14,19H,15-18,20H2,1-2H3/b26-19-. The van der Waals surface area contributed by atoms with E-state index in [9.17, 15) is 9.59 Å². The van der Waals surface area contributed by atoms with Crippen LogP contribution < -0.4 is 20.1 Å². The number of aryl methyl sites for hydroxylation is 1. The lowest BCUT2D eigenvalue weighted by atomic mass is 10.2. The van der Waals surface area contributed by atoms with Gasteiger partial charge in [0.05, 0.1) is 24.1 Å². The highest BCUT2D eigenvalue weighted by Gasteiger charge is 2.33. The van der Waals surface area contributed by atoms with Crippen LogP contribution in [0.1, 0.15) is 16.7 Å². The van der Waals surface area contributed by atoms with Crippen molar-refractivity contribution in [2.45, 2.75) is 13.5 Å². The Hall–Kier alpha value is -4.15. The van der Waals surface area contributed by atoms with E-state index in [2.05, 4.69) is 21.9 Å². The minimum Gasteiger partial charge on any atom is -0.497 e. The van der Waals surface area contributed by atoms with Crippen molar-refractivity contribution < 1.29 is 9.53 Å². The van der Waals surface area contributed by atoms with Crippen molar-refractivity contribution in [2.75, 3.05) is 43.1 Å². The van der Waals surface area contributed by atoms with Crippen LogP contribution in [-0.2, 0) is 11.3 Å². The fourth-order valence-electron chi connectivity index (χ4n) is 5.17. The summed E-state index contributed by atoms with van der Waals surface area (Å²) in [4.78, 5) is 38.8. The molecule has 0 atom stereocenters. The van der Waals surface area contributed by atoms with Crippen LogP contribution in [0.4, 0.5) is 11.5 Å². The Bertz CT molecular complexity index is 1710. The highest BCUT2D eigenvalue weighted by atomic mass is 32.2. The molecular weight excluding hydrogens is 555 g/mol. The molecule has 1 amide bonds. The Morgan fingerprint density at radius 1 is 0.951 bits per heavy atom. The van der Waals surface area contributed by atoms with Gasteiger partial charge >= 0.3 is 0 Å². The maximum Gasteiger partial charge on any atom is 0.267 e. The van der Waals surface area contributed by atoms with Crippen molar-refractivity contribution >= 4 is 57.4 Å². The monoisotopic (exact) mass is 583 g/mol. The van der Waals surface area contributed by atoms with Crippen molar-refractivity contribution in [2.24, 2.45) is 0 Å². The highest BCUT2D eigenvalue weighted by molar-refractivity contribution is 8.26. The molecule has 0 spiro atoms. The molecule has 8 nitrogen and oxygen atoms in total. The van der Waals surface area contributed by atoms with Gasteiger partial charge in [-0.3, -0.25) is 18.9 Å². The molecule has 4 heterocycles. The lowest BCUT2D eigenvalue weighted by Crippen LogP contribution is -2.47. The number of anilines is 2. The number of hydrogen-bond donors (Lipinski definition) is 0. The molecular formula is C31H29N5O3S2. The molecule has 0 saturated carbocycles. The molecule has 41 heavy (non-hydrogen) atoms. The third kappa shape index (κ3) is 5.32. The number of ether oxygens (including phenoxy) is 1. The smallest absolute Gasteiger partial charge is 0.267 e. The fourth-order valence-corrected chi connectivity index (χ4v) is 6.41. The Labute approximate surface area is 247 Å². The van der Waals surface area contributed by atoms with Crippen molar-refractivity contribution in [3.8, 4) is 5.75 Å². The van der Waals surface area contributed by atoms with E-state index in [-0.39, 0.29) is 11.5 Å². The van der Waals surface area contributed by atoms with Gasteiger partial charge in [-0.2, -0.15) is 0 Å². The summed E-state index contributed by atoms with van der Waals surface area (Å²) < 4.78 is 7.33. The number of hydrogen-bond acceptors (Lipinski definition) is 8. The minimum absolute atomic E-state index is 0.201. The first-order chi connectivity index (χ1) is 19.9. The van der Waals surface area contributed by atoms with Crippen LogP contribution in [0.15, 0.2) is 82.6 Å². The number of thioether (sulfide) groups is 1. The van der Waals surface area contributed by atoms with E-state index in [1.165, 1.54) is 11.8 Å². The van der Waals surface area contributed by atoms with E-state index in [1.807, 2.05) is 61.5 Å². The third-order valence-corrected chi connectivity index (χ3v) is 8.79. The number of benzene rings is 2. The molecule has 6 rings (SSSR count). The maximum absolute atomic E-state index is 13.9. The van der Waals surface area contributed by atoms with Gasteiger partial charge in [-0.25, -0.2) is 4.98 Å². The summed E-state index contributed by atoms with van der Waals surface area (Å²) >= 11 is 6.80. The van der Waals surface area contributed by atoms with Gasteiger partial charge in [-0.1, -0.05) is 60.4 Å². The Morgan fingerprint density at radius 2 is 1.66 bits per heavy atom. The Morgan fingerprint density at radius 3 is 2.37 bits per heavy atom. The molecule has 0 N–H and O–H groups in total. The molecule has 10 heteroatoms. The van der Waals surface area contributed by atoms with E-state index in [0.29, 0.717) is 45.9 Å². The van der Waals surface area contributed by atoms with Gasteiger partial charge in [0.15, 0.2) is 0 Å². The van der Waals surface area contributed by atoms with Crippen LogP contribution in [0.3, 0.4) is 0 Å². The molecule has 0 radical (unpaired) electrons. The number of carbonyl (C=O) groups excluding carboxylic acids is 1. The van der Waals surface area contributed by atoms with Gasteiger partial charge in [0.2, 0.25) is 0 Å². The number of methoxy groups -OCH3 is 1. The number of amides is 1. The predicted molar refractivity (Wildman–Crippen MR) is 169 cm³/mol. The van der Waals surface area contributed by atoms with Crippen molar-refractivity contribution in [3.63, 3.8) is 0 Å². The molecule has 208 valence electrons. The maximum atomic E-state index is 13.9. The summed E-state index contributed by atoms with van der Waals surface area (Å²) in [6, 6.07) is 21.6. The van der Waals surface area contributed by atoms with E-state index in [4.69, 9.17) is 21.9 Å². The number of piperazine rings is 1. The Balaban J connectivity index is 1.34. The molecule has 2 aromatic carbocycles. The van der Waals surface area contributed by atoms with E-state index >= 15 is 0 Å². The number of nitrogens with zero attached hydrogens (tertiary/aromatic N) is 5. The molecule has 4 aromatic rings. The Kier molecular flexibility index (Phi) is 7.51. The van der Waals surface area contributed by atoms with E-state index in [1.54, 1.807) is 28.7 Å². The summed E-state index contributed by atoms with van der Waals surface area (Å²) in [5.41, 5.74) is 3.81. The number of aromatic nitrogens is 2. The highest BCUT2D eigenvalue weighted by Crippen LogP contribution is 2.35. The zero-order valence-corrected chi connectivity index (χ0v) is 24.5. The first-order valence-electron chi connectivity index (χ1n) is 13.4. The number of thiocarbonyl (C=S) groups is 1. The number of fused-ring (bicyclic) bond motifs is 1. The third-order valence-electron chi connectivity index (χ3n) is 7.41. The lowest BCUT2D eigenvalue weighted by molar-refractivity contribution is -0.122. The summed E-state index contributed by atoms with van der Waals surface area (Å²) in [7, 11) is 1.66. The molecule has 2 saturated heterocycles. The van der Waals surface area contributed by atoms with Crippen LogP contribution in [0.2, 0.25) is 0 Å². The van der Waals surface area contributed by atoms with Gasteiger partial charge in [0, 0.05) is 38.1 Å². The average Bonchev–Trinajstić information content (AvgIpc) is 3.26. The zero-order chi connectivity index (χ0) is 28.5. The van der Waals surface area contributed by atoms with Crippen LogP contribution in [0, 0.1) is 6.92 Å². The second-order valence-electron chi connectivity index (χ2n) is 9.96. The number of pyridine rings is 1. The van der Waals surface area contributed by atoms with E-state index < -0.39 is 0 Å². The van der Waals surface area contributed by atoms with Crippen LogP contribution in [0.5, 0.6) is 5.75 Å².